The van der Waals surface area contributed by atoms with Gasteiger partial charge in [-0.2, -0.15) is 0 Å². The lowest BCUT2D eigenvalue weighted by molar-refractivity contribution is 0.320. The average molecular weight is 311 g/mol. The molecule has 1 saturated carbocycles. The molecule has 5 heteroatoms. The van der Waals surface area contributed by atoms with E-state index in [1.54, 1.807) is 6.07 Å². The predicted octanol–water partition coefficient (Wildman–Crippen LogP) is 4.50. The Bertz CT molecular complexity index is 635. The monoisotopic (exact) mass is 310 g/mol. The second-order valence-corrected chi connectivity index (χ2v) is 6.02. The number of hydrogen-bond acceptors (Lipinski definition) is 2. The molecule has 0 spiro atoms. The lowest BCUT2D eigenvalue weighted by Crippen LogP contribution is -2.15. The van der Waals surface area contributed by atoms with Crippen LogP contribution in [0.4, 0.5) is 4.39 Å². The fourth-order valence-corrected chi connectivity index (χ4v) is 3.47. The van der Waals surface area contributed by atoms with Crippen molar-refractivity contribution < 1.29 is 9.13 Å². The van der Waals surface area contributed by atoms with Gasteiger partial charge in [0.1, 0.15) is 5.82 Å². The van der Waals surface area contributed by atoms with Crippen molar-refractivity contribution in [3.05, 3.63) is 23.8 Å². The van der Waals surface area contributed by atoms with Crippen LogP contribution >= 0.6 is 11.6 Å². The van der Waals surface area contributed by atoms with Crippen LogP contribution in [-0.2, 0) is 12.4 Å². The molecule has 0 amide bonds. The molecular formula is C16H20ClFN2O. The maximum absolute atomic E-state index is 13.8. The van der Waals surface area contributed by atoms with Crippen LogP contribution < -0.4 is 4.74 Å². The Labute approximate surface area is 129 Å². The lowest BCUT2D eigenvalue weighted by atomic mass is 9.89. The van der Waals surface area contributed by atoms with E-state index in [0.717, 1.165) is 17.9 Å². The smallest absolute Gasteiger partial charge is 0.167 e. The molecule has 0 atom stereocenters. The van der Waals surface area contributed by atoms with Gasteiger partial charge in [0.25, 0.3) is 0 Å². The van der Waals surface area contributed by atoms with Crippen LogP contribution in [0.5, 0.6) is 5.75 Å². The third-order valence-corrected chi connectivity index (χ3v) is 4.62. The molecule has 21 heavy (non-hydrogen) atoms. The number of methoxy groups -OCH3 is 1. The zero-order valence-electron chi connectivity index (χ0n) is 12.2. The van der Waals surface area contributed by atoms with Crippen molar-refractivity contribution in [2.75, 3.05) is 7.11 Å². The second-order valence-electron chi connectivity index (χ2n) is 5.75. The number of fused-ring (bicyclic) bond motifs is 1. The van der Waals surface area contributed by atoms with E-state index in [4.69, 9.17) is 16.3 Å². The molecule has 1 aromatic heterocycles. The molecular weight excluding hydrogens is 291 g/mol. The minimum atomic E-state index is -0.381. The normalized spacial score (nSPS) is 16.5. The van der Waals surface area contributed by atoms with E-state index in [1.807, 2.05) is 0 Å². The quantitative estimate of drug-likeness (QED) is 0.777. The fraction of sp³-hybridized carbons (Fsp3) is 0.562. The minimum absolute atomic E-state index is 0.258. The molecule has 0 saturated heterocycles. The zero-order chi connectivity index (χ0) is 14.8. The first kappa shape index (κ1) is 14.6. The largest absolute Gasteiger partial charge is 0.494 e. The average Bonchev–Trinajstić information content (AvgIpc) is 2.84. The Hall–Kier alpha value is -1.29. The number of alkyl halides is 1. The predicted molar refractivity (Wildman–Crippen MR) is 82.4 cm³/mol. The van der Waals surface area contributed by atoms with Crippen molar-refractivity contribution in [1.82, 2.24) is 9.55 Å². The molecule has 2 aromatic rings. The van der Waals surface area contributed by atoms with Crippen LogP contribution in [0.15, 0.2) is 12.1 Å². The summed E-state index contributed by atoms with van der Waals surface area (Å²) in [4.78, 5) is 4.47. The topological polar surface area (TPSA) is 27.1 Å². The van der Waals surface area contributed by atoms with Gasteiger partial charge in [-0.1, -0.05) is 19.3 Å². The third kappa shape index (κ3) is 2.86. The number of nitrogens with zero attached hydrogens (tertiary/aromatic N) is 2. The number of imidazole rings is 1. The molecule has 3 rings (SSSR count). The van der Waals surface area contributed by atoms with Crippen molar-refractivity contribution in [3.8, 4) is 5.75 Å². The van der Waals surface area contributed by atoms with Gasteiger partial charge in [0.2, 0.25) is 0 Å². The molecule has 0 unspecified atom stereocenters. The molecule has 0 radical (unpaired) electrons. The second kappa shape index (κ2) is 6.22. The Morgan fingerprint density at radius 2 is 2.10 bits per heavy atom. The summed E-state index contributed by atoms with van der Waals surface area (Å²) in [5, 5.41) is 0. The van der Waals surface area contributed by atoms with E-state index in [-0.39, 0.29) is 11.6 Å². The molecule has 114 valence electrons. The van der Waals surface area contributed by atoms with E-state index in [0.29, 0.717) is 17.3 Å². The van der Waals surface area contributed by atoms with Crippen LogP contribution in [0.1, 0.15) is 37.9 Å². The Morgan fingerprint density at radius 3 is 2.76 bits per heavy atom. The van der Waals surface area contributed by atoms with Gasteiger partial charge in [-0.25, -0.2) is 9.37 Å². The highest BCUT2D eigenvalue weighted by Crippen LogP contribution is 2.30. The van der Waals surface area contributed by atoms with Crippen molar-refractivity contribution >= 4 is 22.6 Å². The van der Waals surface area contributed by atoms with Gasteiger partial charge in [-0.15, -0.1) is 11.6 Å². The van der Waals surface area contributed by atoms with Crippen molar-refractivity contribution in [2.45, 2.75) is 44.5 Å². The highest BCUT2D eigenvalue weighted by Gasteiger charge is 2.19. The Kier molecular flexibility index (Phi) is 4.34. The minimum Gasteiger partial charge on any atom is -0.494 e. The number of rotatable bonds is 4. The Balaban J connectivity index is 2.01. The van der Waals surface area contributed by atoms with E-state index < -0.39 is 0 Å². The molecule has 0 N–H and O–H groups in total. The van der Waals surface area contributed by atoms with Gasteiger partial charge in [0, 0.05) is 18.7 Å². The van der Waals surface area contributed by atoms with Gasteiger partial charge in [-0.3, -0.25) is 0 Å². The lowest BCUT2D eigenvalue weighted by Gasteiger charge is -2.23. The summed E-state index contributed by atoms with van der Waals surface area (Å²) in [5.74, 6) is 1.69. The third-order valence-electron chi connectivity index (χ3n) is 4.39. The summed E-state index contributed by atoms with van der Waals surface area (Å²) < 4.78 is 21.0. The van der Waals surface area contributed by atoms with Crippen LogP contribution in [0, 0.1) is 11.7 Å². The van der Waals surface area contributed by atoms with Crippen LogP contribution in [-0.4, -0.2) is 16.7 Å². The maximum Gasteiger partial charge on any atom is 0.167 e. The first-order valence-corrected chi connectivity index (χ1v) is 8.05. The van der Waals surface area contributed by atoms with E-state index >= 15 is 0 Å². The summed E-state index contributed by atoms with van der Waals surface area (Å²) >= 11 is 6.03. The first-order valence-electron chi connectivity index (χ1n) is 7.51. The number of aromatic nitrogens is 2. The van der Waals surface area contributed by atoms with Gasteiger partial charge in [0.15, 0.2) is 11.6 Å². The number of ether oxygens (including phenoxy) is 1. The molecule has 1 fully saturated rings. The van der Waals surface area contributed by atoms with Crippen molar-refractivity contribution in [3.63, 3.8) is 0 Å². The standard InChI is InChI=1S/C16H20ClFN2O/c1-21-15-8-14-13(7-12(15)18)19-16(9-17)20(14)10-11-5-3-2-4-6-11/h7-8,11H,2-6,9-10H2,1H3. The molecule has 1 heterocycles. The first-order chi connectivity index (χ1) is 10.2. The molecule has 3 nitrogen and oxygen atoms in total. The Morgan fingerprint density at radius 1 is 1.33 bits per heavy atom. The summed E-state index contributed by atoms with van der Waals surface area (Å²) in [6.07, 6.45) is 6.43. The van der Waals surface area contributed by atoms with Crippen molar-refractivity contribution in [1.29, 1.82) is 0 Å². The van der Waals surface area contributed by atoms with Gasteiger partial charge in [-0.05, 0) is 18.8 Å². The highest BCUT2D eigenvalue weighted by molar-refractivity contribution is 6.16. The molecule has 1 aliphatic rings. The fourth-order valence-electron chi connectivity index (χ4n) is 3.27. The van der Waals surface area contributed by atoms with Crippen LogP contribution in [0.3, 0.4) is 0 Å². The summed E-state index contributed by atoms with van der Waals surface area (Å²) in [6, 6.07) is 3.16. The van der Waals surface area contributed by atoms with E-state index in [9.17, 15) is 4.39 Å². The molecule has 0 bridgehead atoms. The summed E-state index contributed by atoms with van der Waals surface area (Å²) in [6.45, 7) is 0.910. The number of hydrogen-bond donors (Lipinski definition) is 0. The van der Waals surface area contributed by atoms with Crippen molar-refractivity contribution in [2.24, 2.45) is 5.92 Å². The molecule has 1 aromatic carbocycles. The molecule has 1 aliphatic carbocycles. The zero-order valence-corrected chi connectivity index (χ0v) is 13.0. The van der Waals surface area contributed by atoms with Gasteiger partial charge in [0.05, 0.1) is 24.0 Å². The number of halogens is 2. The highest BCUT2D eigenvalue weighted by atomic mass is 35.5. The SMILES string of the molecule is COc1cc2c(cc1F)nc(CCl)n2CC1CCCCC1. The van der Waals surface area contributed by atoms with E-state index in [1.165, 1.54) is 45.3 Å². The van der Waals surface area contributed by atoms with Crippen LogP contribution in [0.25, 0.3) is 11.0 Å². The summed E-state index contributed by atoms with van der Waals surface area (Å²) in [5.41, 5.74) is 1.56. The van der Waals surface area contributed by atoms with Gasteiger partial charge >= 0.3 is 0 Å². The maximum atomic E-state index is 13.8. The summed E-state index contributed by atoms with van der Waals surface area (Å²) in [7, 11) is 1.48. The number of benzene rings is 1. The van der Waals surface area contributed by atoms with E-state index in [2.05, 4.69) is 9.55 Å². The van der Waals surface area contributed by atoms with Crippen LogP contribution in [0.2, 0.25) is 0 Å². The molecule has 0 aliphatic heterocycles. The van der Waals surface area contributed by atoms with Gasteiger partial charge < -0.3 is 9.30 Å².